The monoisotopic (exact) mass is 375 g/mol. The lowest BCUT2D eigenvalue weighted by Gasteiger charge is -2.21. The molecule has 3 rings (SSSR count). The molecular weight excluding hydrogens is 353 g/mol. The third-order valence-electron chi connectivity index (χ3n) is 4.37. The maximum absolute atomic E-state index is 12.2. The average molecular weight is 375 g/mol. The minimum absolute atomic E-state index is 0.0485. The number of fused-ring (bicyclic) bond motifs is 3. The molecule has 0 saturated heterocycles. The van der Waals surface area contributed by atoms with Gasteiger partial charge < -0.3 is 14.2 Å². The fraction of sp³-hybridized carbons (Fsp3) is 0.316. The quantitative estimate of drug-likeness (QED) is 0.771. The Bertz CT molecular complexity index is 808. The number of rotatable bonds is 6. The lowest BCUT2D eigenvalue weighted by Crippen LogP contribution is -2.30. The van der Waals surface area contributed by atoms with Crippen LogP contribution in [0.25, 0.3) is 11.1 Å². The van der Waals surface area contributed by atoms with Crippen LogP contribution in [0.15, 0.2) is 48.5 Å². The first kappa shape index (κ1) is 18.6. The van der Waals surface area contributed by atoms with Crippen molar-refractivity contribution in [1.82, 2.24) is 4.90 Å². The van der Waals surface area contributed by atoms with Crippen molar-refractivity contribution in [2.45, 2.75) is 12.8 Å². The molecule has 0 radical (unpaired) electrons. The second kappa shape index (κ2) is 7.62. The van der Waals surface area contributed by atoms with Gasteiger partial charge in [0.15, 0.2) is 0 Å². The second-order valence-corrected chi connectivity index (χ2v) is 8.01. The first-order chi connectivity index (χ1) is 12.4. The van der Waals surface area contributed by atoms with Crippen molar-refractivity contribution in [2.24, 2.45) is 0 Å². The van der Waals surface area contributed by atoms with Gasteiger partial charge in [0.25, 0.3) is 0 Å². The van der Waals surface area contributed by atoms with E-state index in [1.165, 1.54) is 7.05 Å². The SMILES string of the molecule is CCOP(=O)(O)CN(C)C(=O)OCC1c2ccccc2-c2ccccc21. The zero-order chi connectivity index (χ0) is 18.7. The summed E-state index contributed by atoms with van der Waals surface area (Å²) < 4.78 is 22.0. The Morgan fingerprint density at radius 3 is 2.19 bits per heavy atom. The molecule has 0 aromatic heterocycles. The highest BCUT2D eigenvalue weighted by atomic mass is 31.2. The average Bonchev–Trinajstić information content (AvgIpc) is 2.93. The Balaban J connectivity index is 1.70. The van der Waals surface area contributed by atoms with Gasteiger partial charge in [-0.25, -0.2) is 4.79 Å². The Morgan fingerprint density at radius 2 is 1.65 bits per heavy atom. The van der Waals surface area contributed by atoms with Crippen LogP contribution in [0.4, 0.5) is 4.79 Å². The van der Waals surface area contributed by atoms with Crippen LogP contribution in [0.3, 0.4) is 0 Å². The molecule has 2 aromatic carbocycles. The van der Waals surface area contributed by atoms with Crippen LogP contribution in [0.2, 0.25) is 0 Å². The van der Waals surface area contributed by atoms with Gasteiger partial charge in [-0.15, -0.1) is 0 Å². The van der Waals surface area contributed by atoms with Gasteiger partial charge in [0, 0.05) is 13.0 Å². The van der Waals surface area contributed by atoms with Crippen LogP contribution in [0, 0.1) is 0 Å². The van der Waals surface area contributed by atoms with Gasteiger partial charge in [0.2, 0.25) is 0 Å². The molecule has 1 aliphatic carbocycles. The van der Waals surface area contributed by atoms with E-state index in [2.05, 4.69) is 12.1 Å². The van der Waals surface area contributed by atoms with E-state index in [4.69, 9.17) is 9.26 Å². The molecule has 1 N–H and O–H groups in total. The fourth-order valence-corrected chi connectivity index (χ4v) is 4.41. The van der Waals surface area contributed by atoms with Crippen LogP contribution < -0.4 is 0 Å². The molecule has 0 saturated carbocycles. The Hall–Kier alpha value is -2.14. The third-order valence-corrected chi connectivity index (χ3v) is 5.81. The van der Waals surface area contributed by atoms with Crippen molar-refractivity contribution in [1.29, 1.82) is 0 Å². The molecule has 0 heterocycles. The van der Waals surface area contributed by atoms with E-state index in [0.717, 1.165) is 27.2 Å². The molecule has 1 unspecified atom stereocenters. The molecule has 0 spiro atoms. The van der Waals surface area contributed by atoms with E-state index in [1.54, 1.807) is 6.92 Å². The summed E-state index contributed by atoms with van der Waals surface area (Å²) in [4.78, 5) is 23.0. The summed E-state index contributed by atoms with van der Waals surface area (Å²) in [5.74, 6) is -0.0485. The van der Waals surface area contributed by atoms with Crippen LogP contribution in [0.1, 0.15) is 24.0 Å². The van der Waals surface area contributed by atoms with Crippen molar-refractivity contribution < 1.29 is 23.5 Å². The minimum Gasteiger partial charge on any atom is -0.448 e. The molecule has 0 aliphatic heterocycles. The van der Waals surface area contributed by atoms with E-state index in [0.29, 0.717) is 0 Å². The summed E-state index contributed by atoms with van der Waals surface area (Å²) in [5.41, 5.74) is 4.53. The second-order valence-electron chi connectivity index (χ2n) is 6.20. The van der Waals surface area contributed by atoms with Gasteiger partial charge in [-0.1, -0.05) is 48.5 Å². The predicted octanol–water partition coefficient (Wildman–Crippen LogP) is 4.05. The summed E-state index contributed by atoms with van der Waals surface area (Å²) in [6.45, 7) is 1.89. The van der Waals surface area contributed by atoms with E-state index in [1.807, 2.05) is 36.4 Å². The fourth-order valence-electron chi connectivity index (χ4n) is 3.27. The Kier molecular flexibility index (Phi) is 5.47. The summed E-state index contributed by atoms with van der Waals surface area (Å²) in [5, 5.41) is 0. The van der Waals surface area contributed by atoms with Crippen molar-refractivity contribution >= 4 is 13.7 Å². The first-order valence-corrected chi connectivity index (χ1v) is 10.2. The number of carbonyl (C=O) groups excluding carboxylic acids is 1. The summed E-state index contributed by atoms with van der Waals surface area (Å²) in [6.07, 6.45) is -1.06. The van der Waals surface area contributed by atoms with Gasteiger partial charge >= 0.3 is 13.7 Å². The lowest BCUT2D eigenvalue weighted by molar-refractivity contribution is 0.110. The van der Waals surface area contributed by atoms with Gasteiger partial charge in [-0.2, -0.15) is 0 Å². The number of amides is 1. The highest BCUT2D eigenvalue weighted by Crippen LogP contribution is 2.45. The lowest BCUT2D eigenvalue weighted by atomic mass is 9.98. The highest BCUT2D eigenvalue weighted by molar-refractivity contribution is 7.52. The molecule has 0 bridgehead atoms. The van der Waals surface area contributed by atoms with Crippen LogP contribution >= 0.6 is 7.60 Å². The summed E-state index contributed by atoms with van der Waals surface area (Å²) >= 11 is 0. The minimum atomic E-state index is -3.83. The molecule has 1 aliphatic rings. The van der Waals surface area contributed by atoms with Crippen LogP contribution in [-0.4, -0.2) is 42.4 Å². The number of hydrogen-bond acceptors (Lipinski definition) is 4. The largest absolute Gasteiger partial charge is 0.448 e. The van der Waals surface area contributed by atoms with Gasteiger partial charge in [0.05, 0.1) is 6.61 Å². The van der Waals surface area contributed by atoms with Crippen molar-refractivity contribution in [3.8, 4) is 11.1 Å². The number of nitrogens with zero attached hydrogens (tertiary/aromatic N) is 1. The maximum Gasteiger partial charge on any atom is 0.410 e. The van der Waals surface area contributed by atoms with Gasteiger partial charge in [-0.3, -0.25) is 9.46 Å². The molecule has 2 aromatic rings. The molecule has 1 amide bonds. The van der Waals surface area contributed by atoms with Crippen LogP contribution in [0.5, 0.6) is 0 Å². The molecule has 6 nitrogen and oxygen atoms in total. The van der Waals surface area contributed by atoms with Crippen molar-refractivity contribution in [3.63, 3.8) is 0 Å². The van der Waals surface area contributed by atoms with Crippen molar-refractivity contribution in [2.75, 3.05) is 26.5 Å². The van der Waals surface area contributed by atoms with E-state index in [9.17, 15) is 14.3 Å². The molecule has 138 valence electrons. The zero-order valence-corrected chi connectivity index (χ0v) is 15.7. The smallest absolute Gasteiger partial charge is 0.410 e. The topological polar surface area (TPSA) is 76.1 Å². The molecule has 26 heavy (non-hydrogen) atoms. The van der Waals surface area contributed by atoms with Crippen molar-refractivity contribution in [3.05, 3.63) is 59.7 Å². The maximum atomic E-state index is 12.2. The molecular formula is C19H22NO5P. The number of benzene rings is 2. The molecule has 1 atom stereocenters. The number of hydrogen-bond donors (Lipinski definition) is 1. The normalized spacial score (nSPS) is 15.0. The molecule has 0 fully saturated rings. The zero-order valence-electron chi connectivity index (χ0n) is 14.8. The summed E-state index contributed by atoms with van der Waals surface area (Å²) in [7, 11) is -2.42. The van der Waals surface area contributed by atoms with Gasteiger partial charge in [-0.05, 0) is 29.2 Å². The van der Waals surface area contributed by atoms with Gasteiger partial charge in [0.1, 0.15) is 12.9 Å². The van der Waals surface area contributed by atoms with E-state index >= 15 is 0 Å². The van der Waals surface area contributed by atoms with Crippen LogP contribution in [-0.2, 0) is 13.8 Å². The highest BCUT2D eigenvalue weighted by Gasteiger charge is 2.30. The molecule has 7 heteroatoms. The van der Waals surface area contributed by atoms with E-state index in [-0.39, 0.29) is 19.1 Å². The standard InChI is InChI=1S/C19H22NO5P/c1-3-25-26(22,23)13-20(2)19(21)24-12-18-16-10-6-4-8-14(16)15-9-5-7-11-17(15)18/h4-11,18H,3,12-13H2,1-2H3,(H,22,23). The van der Waals surface area contributed by atoms with E-state index < -0.39 is 20.0 Å². The Morgan fingerprint density at radius 1 is 1.12 bits per heavy atom. The summed E-state index contributed by atoms with van der Waals surface area (Å²) in [6, 6.07) is 16.1. The number of carbonyl (C=O) groups is 1. The third kappa shape index (κ3) is 3.83. The predicted molar refractivity (Wildman–Crippen MR) is 99.2 cm³/mol. The number of ether oxygens (including phenoxy) is 1. The Labute approximate surface area is 152 Å². The first-order valence-electron chi connectivity index (χ1n) is 8.45.